The largest absolute Gasteiger partial charge is 0.493 e. The number of aliphatic carboxylic acids is 1. The van der Waals surface area contributed by atoms with Crippen molar-refractivity contribution in [2.45, 2.75) is 5.92 Å². The summed E-state index contributed by atoms with van der Waals surface area (Å²) in [6.45, 7) is 0. The van der Waals surface area contributed by atoms with Crippen LogP contribution >= 0.6 is 0 Å². The van der Waals surface area contributed by atoms with Crippen LogP contribution in [0.3, 0.4) is 0 Å². The first kappa shape index (κ1) is 10.5. The van der Waals surface area contributed by atoms with E-state index in [1.54, 1.807) is 18.2 Å². The highest BCUT2D eigenvalue weighted by Crippen LogP contribution is 2.42. The Morgan fingerprint density at radius 2 is 2.06 bits per heavy atom. The standard InChI is InChI=1S/C12H12O4/c1-15-9-6-4-7-3-5-8(12(13)14)10(7)11(9)16-2/h3-6,8H,1-2H3,(H,13,14). The summed E-state index contributed by atoms with van der Waals surface area (Å²) in [6.07, 6.45) is 3.44. The fourth-order valence-corrected chi connectivity index (χ4v) is 1.93. The van der Waals surface area contributed by atoms with Crippen molar-refractivity contribution in [2.75, 3.05) is 14.2 Å². The molecule has 4 nitrogen and oxygen atoms in total. The van der Waals surface area contributed by atoms with Gasteiger partial charge in [0, 0.05) is 5.56 Å². The maximum absolute atomic E-state index is 11.1. The highest BCUT2D eigenvalue weighted by molar-refractivity contribution is 5.87. The van der Waals surface area contributed by atoms with Crippen LogP contribution < -0.4 is 9.47 Å². The number of carboxylic acid groups (broad SMARTS) is 1. The molecule has 16 heavy (non-hydrogen) atoms. The van der Waals surface area contributed by atoms with Gasteiger partial charge in [0.2, 0.25) is 0 Å². The predicted molar refractivity (Wildman–Crippen MR) is 59.0 cm³/mol. The van der Waals surface area contributed by atoms with Gasteiger partial charge in [-0.15, -0.1) is 0 Å². The molecule has 0 aromatic heterocycles. The molecule has 1 N–H and O–H groups in total. The Kier molecular flexibility index (Phi) is 2.56. The second-order valence-corrected chi connectivity index (χ2v) is 3.48. The minimum Gasteiger partial charge on any atom is -0.493 e. The van der Waals surface area contributed by atoms with E-state index in [0.717, 1.165) is 5.56 Å². The van der Waals surface area contributed by atoms with E-state index in [2.05, 4.69) is 0 Å². The van der Waals surface area contributed by atoms with Crippen LogP contribution in [0.25, 0.3) is 6.08 Å². The molecule has 1 unspecified atom stereocenters. The van der Waals surface area contributed by atoms with Crippen LogP contribution in [0.1, 0.15) is 17.0 Å². The quantitative estimate of drug-likeness (QED) is 0.845. The molecule has 0 bridgehead atoms. The van der Waals surface area contributed by atoms with Crippen LogP contribution in [0.2, 0.25) is 0 Å². The average molecular weight is 220 g/mol. The Balaban J connectivity index is 2.60. The predicted octanol–water partition coefficient (Wildman–Crippen LogP) is 1.90. The van der Waals surface area contributed by atoms with Gasteiger partial charge in [0.25, 0.3) is 0 Å². The number of rotatable bonds is 3. The normalized spacial score (nSPS) is 17.0. The SMILES string of the molecule is COc1ccc2c(c1OC)C(C(=O)O)C=C2. The summed E-state index contributed by atoms with van der Waals surface area (Å²) in [6, 6.07) is 3.60. The Labute approximate surface area is 93.1 Å². The third kappa shape index (κ3) is 1.43. The van der Waals surface area contributed by atoms with Crippen LogP contribution in [-0.4, -0.2) is 25.3 Å². The van der Waals surface area contributed by atoms with E-state index in [1.165, 1.54) is 14.2 Å². The van der Waals surface area contributed by atoms with Gasteiger partial charge < -0.3 is 14.6 Å². The molecule has 0 saturated carbocycles. The Bertz CT molecular complexity index is 462. The Morgan fingerprint density at radius 1 is 1.31 bits per heavy atom. The number of ether oxygens (including phenoxy) is 2. The Hall–Kier alpha value is -1.97. The molecule has 1 aromatic carbocycles. The van der Waals surface area contributed by atoms with Crippen LogP contribution in [0, 0.1) is 0 Å². The zero-order chi connectivity index (χ0) is 11.7. The van der Waals surface area contributed by atoms with E-state index in [1.807, 2.05) is 6.07 Å². The summed E-state index contributed by atoms with van der Waals surface area (Å²) in [5.74, 6) is -0.491. The molecular weight excluding hydrogens is 208 g/mol. The lowest BCUT2D eigenvalue weighted by Crippen LogP contribution is -2.09. The molecule has 1 aliphatic carbocycles. The number of benzene rings is 1. The molecule has 0 radical (unpaired) electrons. The van der Waals surface area contributed by atoms with Crippen molar-refractivity contribution in [3.63, 3.8) is 0 Å². The lowest BCUT2D eigenvalue weighted by molar-refractivity contribution is -0.137. The topological polar surface area (TPSA) is 55.8 Å². The molecule has 84 valence electrons. The van der Waals surface area contributed by atoms with Crippen LogP contribution in [0.4, 0.5) is 0 Å². The van der Waals surface area contributed by atoms with Crippen LogP contribution in [-0.2, 0) is 4.79 Å². The fraction of sp³-hybridized carbons (Fsp3) is 0.250. The summed E-state index contributed by atoms with van der Waals surface area (Å²) in [5, 5.41) is 9.10. The van der Waals surface area contributed by atoms with E-state index in [4.69, 9.17) is 14.6 Å². The fourth-order valence-electron chi connectivity index (χ4n) is 1.93. The number of methoxy groups -OCH3 is 2. The van der Waals surface area contributed by atoms with Crippen molar-refractivity contribution in [1.29, 1.82) is 0 Å². The van der Waals surface area contributed by atoms with Gasteiger partial charge in [-0.05, 0) is 11.6 Å². The minimum absolute atomic E-state index is 0.498. The van der Waals surface area contributed by atoms with Gasteiger partial charge in [-0.3, -0.25) is 4.79 Å². The summed E-state index contributed by atoms with van der Waals surface area (Å²) < 4.78 is 10.4. The van der Waals surface area contributed by atoms with Gasteiger partial charge in [0.15, 0.2) is 11.5 Å². The maximum Gasteiger partial charge on any atom is 0.315 e. The lowest BCUT2D eigenvalue weighted by Gasteiger charge is -2.14. The summed E-state index contributed by atoms with van der Waals surface area (Å²) in [4.78, 5) is 11.1. The Morgan fingerprint density at radius 3 is 2.62 bits per heavy atom. The van der Waals surface area contributed by atoms with Crippen molar-refractivity contribution in [2.24, 2.45) is 0 Å². The van der Waals surface area contributed by atoms with Gasteiger partial charge >= 0.3 is 5.97 Å². The first-order chi connectivity index (χ1) is 7.69. The number of hydrogen-bond donors (Lipinski definition) is 1. The van der Waals surface area contributed by atoms with Gasteiger partial charge in [-0.25, -0.2) is 0 Å². The van der Waals surface area contributed by atoms with Crippen molar-refractivity contribution in [3.8, 4) is 11.5 Å². The molecule has 4 heteroatoms. The summed E-state index contributed by atoms with van der Waals surface area (Å²) >= 11 is 0. The van der Waals surface area contributed by atoms with Gasteiger partial charge in [-0.1, -0.05) is 18.2 Å². The van der Waals surface area contributed by atoms with Crippen molar-refractivity contribution >= 4 is 12.0 Å². The third-order valence-electron chi connectivity index (χ3n) is 2.66. The first-order valence-electron chi connectivity index (χ1n) is 4.85. The van der Waals surface area contributed by atoms with Gasteiger partial charge in [0.1, 0.15) is 5.92 Å². The third-order valence-corrected chi connectivity index (χ3v) is 2.66. The molecule has 0 saturated heterocycles. The van der Waals surface area contributed by atoms with Crippen LogP contribution in [0.5, 0.6) is 11.5 Å². The smallest absolute Gasteiger partial charge is 0.315 e. The number of fused-ring (bicyclic) bond motifs is 1. The van der Waals surface area contributed by atoms with Crippen molar-refractivity contribution in [1.82, 2.24) is 0 Å². The van der Waals surface area contributed by atoms with Gasteiger partial charge in [-0.2, -0.15) is 0 Å². The van der Waals surface area contributed by atoms with Gasteiger partial charge in [0.05, 0.1) is 14.2 Å². The maximum atomic E-state index is 11.1. The minimum atomic E-state index is -0.887. The summed E-state index contributed by atoms with van der Waals surface area (Å²) in [7, 11) is 3.04. The molecule has 1 atom stereocenters. The second kappa shape index (κ2) is 3.89. The highest BCUT2D eigenvalue weighted by Gasteiger charge is 2.29. The number of carbonyl (C=O) groups is 1. The molecule has 2 rings (SSSR count). The van der Waals surface area contributed by atoms with Crippen molar-refractivity contribution in [3.05, 3.63) is 29.3 Å². The molecule has 0 spiro atoms. The molecular formula is C12H12O4. The van der Waals surface area contributed by atoms with Crippen molar-refractivity contribution < 1.29 is 19.4 Å². The molecule has 0 heterocycles. The number of hydrogen-bond acceptors (Lipinski definition) is 3. The van der Waals surface area contributed by atoms with Crippen LogP contribution in [0.15, 0.2) is 18.2 Å². The van der Waals surface area contributed by atoms with E-state index >= 15 is 0 Å². The highest BCUT2D eigenvalue weighted by atomic mass is 16.5. The number of carboxylic acids is 1. The molecule has 0 aliphatic heterocycles. The van der Waals surface area contributed by atoms with E-state index in [-0.39, 0.29) is 0 Å². The monoisotopic (exact) mass is 220 g/mol. The zero-order valence-electron chi connectivity index (χ0n) is 9.06. The first-order valence-corrected chi connectivity index (χ1v) is 4.85. The van der Waals surface area contributed by atoms with E-state index < -0.39 is 11.9 Å². The molecule has 0 fully saturated rings. The molecule has 1 aliphatic rings. The second-order valence-electron chi connectivity index (χ2n) is 3.48. The van der Waals surface area contributed by atoms with E-state index in [0.29, 0.717) is 17.1 Å². The molecule has 0 amide bonds. The van der Waals surface area contributed by atoms with E-state index in [9.17, 15) is 4.79 Å². The lowest BCUT2D eigenvalue weighted by atomic mass is 9.99. The summed E-state index contributed by atoms with van der Waals surface area (Å²) in [5.41, 5.74) is 1.53. The average Bonchev–Trinajstić information content (AvgIpc) is 2.71. The molecule has 1 aromatic rings. The zero-order valence-corrected chi connectivity index (χ0v) is 9.06.